The molecule has 36 heavy (non-hydrogen) atoms. The molecule has 192 valence electrons. The molecule has 2 aliphatic rings. The molecule has 3 aromatic rings. The minimum absolute atomic E-state index is 0.255. The molecule has 2 atom stereocenters. The van der Waals surface area contributed by atoms with Crippen LogP contribution in [0.25, 0.3) is 11.1 Å². The lowest BCUT2D eigenvalue weighted by Crippen LogP contribution is -2.54. The number of aromatic nitrogens is 2. The Morgan fingerprint density at radius 3 is 2.61 bits per heavy atom. The van der Waals surface area contributed by atoms with Crippen molar-refractivity contribution in [1.29, 1.82) is 0 Å². The topological polar surface area (TPSA) is 57.4 Å². The fourth-order valence-electron chi connectivity index (χ4n) is 5.24. The van der Waals surface area contributed by atoms with Crippen LogP contribution in [0.4, 0.5) is 23.2 Å². The number of nitrogens with zero attached hydrogens (tertiary/aromatic N) is 4. The number of fused-ring (bicyclic) bond motifs is 1. The van der Waals surface area contributed by atoms with Gasteiger partial charge in [-0.3, -0.25) is 19.2 Å². The first-order chi connectivity index (χ1) is 17.3. The maximum atomic E-state index is 13.6. The monoisotopic (exact) mass is 503 g/mol. The van der Waals surface area contributed by atoms with Gasteiger partial charge in [0.05, 0.1) is 49.1 Å². The molecule has 1 N–H and O–H groups in total. The summed E-state index contributed by atoms with van der Waals surface area (Å²) in [6, 6.07) is 8.80. The van der Waals surface area contributed by atoms with Crippen LogP contribution in [0.3, 0.4) is 0 Å². The van der Waals surface area contributed by atoms with E-state index in [1.165, 1.54) is 4.90 Å². The lowest BCUT2D eigenvalue weighted by molar-refractivity contribution is -0.155. The minimum Gasteiger partial charge on any atom is -0.378 e. The summed E-state index contributed by atoms with van der Waals surface area (Å²) < 4.78 is 58.0. The van der Waals surface area contributed by atoms with Crippen molar-refractivity contribution in [3.05, 3.63) is 65.8 Å². The van der Waals surface area contributed by atoms with Crippen LogP contribution in [0.2, 0.25) is 0 Å². The molecule has 5 rings (SSSR count). The standard InChI is InChI=1S/C26H29F4N5O/c1-17-9-19-10-18(20-11-32-36-15-20)3-5-23(19)25(35(17)16-26(28,29)30)24-6-4-21(12-31-24)33-22-13-34(14-22)8-2-7-27/h3-6,10-12,15,17,22,25,33H,2,7-9,13-14,16H2,1H3/t17-,25-/m0/s1. The Morgan fingerprint density at radius 2 is 1.94 bits per heavy atom. The first kappa shape index (κ1) is 24.7. The first-order valence-corrected chi connectivity index (χ1v) is 12.2. The summed E-state index contributed by atoms with van der Waals surface area (Å²) in [7, 11) is 0. The molecule has 4 heterocycles. The first-order valence-electron chi connectivity index (χ1n) is 12.2. The van der Waals surface area contributed by atoms with Crippen LogP contribution in [0, 0.1) is 0 Å². The van der Waals surface area contributed by atoms with Gasteiger partial charge in [-0.2, -0.15) is 13.2 Å². The third kappa shape index (κ3) is 5.39. The van der Waals surface area contributed by atoms with Gasteiger partial charge in [0.25, 0.3) is 0 Å². The molecule has 0 amide bonds. The van der Waals surface area contributed by atoms with Crippen molar-refractivity contribution in [1.82, 2.24) is 19.9 Å². The lowest BCUT2D eigenvalue weighted by Gasteiger charge is -2.42. The molecular weight excluding hydrogens is 474 g/mol. The Kier molecular flexibility index (Phi) is 6.98. The van der Waals surface area contributed by atoms with E-state index < -0.39 is 18.8 Å². The van der Waals surface area contributed by atoms with Crippen LogP contribution in [-0.2, 0) is 6.42 Å². The summed E-state index contributed by atoms with van der Waals surface area (Å²) in [5.41, 5.74) is 4.97. The molecule has 0 aliphatic carbocycles. The fourth-order valence-corrected chi connectivity index (χ4v) is 5.24. The van der Waals surface area contributed by atoms with Crippen molar-refractivity contribution in [2.45, 2.75) is 44.1 Å². The van der Waals surface area contributed by atoms with Crippen molar-refractivity contribution < 1.29 is 22.1 Å². The van der Waals surface area contributed by atoms with Gasteiger partial charge in [0.2, 0.25) is 0 Å². The van der Waals surface area contributed by atoms with Crippen LogP contribution < -0.4 is 5.32 Å². The van der Waals surface area contributed by atoms with Crippen molar-refractivity contribution in [2.75, 3.05) is 38.2 Å². The third-order valence-corrected chi connectivity index (χ3v) is 6.98. The Labute approximate surface area is 207 Å². The Morgan fingerprint density at radius 1 is 1.11 bits per heavy atom. The number of likely N-dealkylation sites (tertiary alicyclic amines) is 1. The largest absolute Gasteiger partial charge is 0.401 e. The molecule has 2 aromatic heterocycles. The number of pyridine rings is 1. The van der Waals surface area contributed by atoms with E-state index in [1.807, 2.05) is 37.3 Å². The number of alkyl halides is 4. The Hall–Kier alpha value is -2.98. The highest BCUT2D eigenvalue weighted by atomic mass is 19.4. The zero-order valence-corrected chi connectivity index (χ0v) is 20.0. The van der Waals surface area contributed by atoms with Crippen LogP contribution in [0.15, 0.2) is 53.5 Å². The van der Waals surface area contributed by atoms with E-state index in [1.54, 1.807) is 18.7 Å². The summed E-state index contributed by atoms with van der Waals surface area (Å²) in [6.07, 6.45) is 1.58. The average Bonchev–Trinajstić information content (AvgIpc) is 3.35. The molecule has 1 saturated heterocycles. The number of rotatable bonds is 8. The van der Waals surface area contributed by atoms with E-state index in [4.69, 9.17) is 4.52 Å². The third-order valence-electron chi connectivity index (χ3n) is 6.98. The smallest absolute Gasteiger partial charge is 0.378 e. The van der Waals surface area contributed by atoms with E-state index in [2.05, 4.69) is 20.4 Å². The Bertz CT molecular complexity index is 1150. The molecule has 2 aliphatic heterocycles. The van der Waals surface area contributed by atoms with Gasteiger partial charge in [0.1, 0.15) is 6.26 Å². The number of hydrogen-bond acceptors (Lipinski definition) is 6. The maximum absolute atomic E-state index is 13.6. The van der Waals surface area contributed by atoms with Crippen LogP contribution in [0.5, 0.6) is 0 Å². The number of hydrogen-bond donors (Lipinski definition) is 1. The second-order valence-electron chi connectivity index (χ2n) is 9.69. The van der Waals surface area contributed by atoms with E-state index in [9.17, 15) is 17.6 Å². The molecule has 10 heteroatoms. The predicted molar refractivity (Wildman–Crippen MR) is 128 cm³/mol. The highest BCUT2D eigenvalue weighted by Gasteiger charge is 2.41. The van der Waals surface area contributed by atoms with E-state index in [-0.39, 0.29) is 18.8 Å². The molecule has 1 aromatic carbocycles. The van der Waals surface area contributed by atoms with E-state index >= 15 is 0 Å². The van der Waals surface area contributed by atoms with Crippen LogP contribution >= 0.6 is 0 Å². The van der Waals surface area contributed by atoms with Crippen molar-refractivity contribution >= 4 is 5.69 Å². The minimum atomic E-state index is -4.33. The highest BCUT2D eigenvalue weighted by molar-refractivity contribution is 5.64. The van der Waals surface area contributed by atoms with Crippen molar-refractivity contribution in [3.8, 4) is 11.1 Å². The second-order valence-corrected chi connectivity index (χ2v) is 9.69. The summed E-state index contributed by atoms with van der Waals surface area (Å²) in [4.78, 5) is 8.28. The van der Waals surface area contributed by atoms with Crippen molar-refractivity contribution in [3.63, 3.8) is 0 Å². The van der Waals surface area contributed by atoms with Crippen molar-refractivity contribution in [2.24, 2.45) is 0 Å². The predicted octanol–water partition coefficient (Wildman–Crippen LogP) is 5.09. The zero-order chi connectivity index (χ0) is 25.3. The van der Waals surface area contributed by atoms with Crippen LogP contribution in [0.1, 0.15) is 36.2 Å². The van der Waals surface area contributed by atoms with E-state index in [0.717, 1.165) is 47.6 Å². The quantitative estimate of drug-likeness (QED) is 0.432. The maximum Gasteiger partial charge on any atom is 0.401 e. The number of anilines is 1. The Balaban J connectivity index is 1.39. The molecule has 0 radical (unpaired) electrons. The normalized spacial score (nSPS) is 21.2. The lowest BCUT2D eigenvalue weighted by atomic mass is 9.85. The molecule has 1 fully saturated rings. The second kappa shape index (κ2) is 10.2. The molecule has 0 bridgehead atoms. The van der Waals surface area contributed by atoms with Gasteiger partial charge in [-0.1, -0.05) is 23.4 Å². The number of halogens is 4. The molecule has 0 spiro atoms. The van der Waals surface area contributed by atoms with Gasteiger partial charge in [-0.15, -0.1) is 0 Å². The average molecular weight is 504 g/mol. The number of nitrogens with one attached hydrogen (secondary N) is 1. The van der Waals surface area contributed by atoms with Gasteiger partial charge in [-0.05, 0) is 48.6 Å². The molecule has 0 unspecified atom stereocenters. The molecular formula is C26H29F4N5O. The fraction of sp³-hybridized carbons (Fsp3) is 0.462. The van der Waals surface area contributed by atoms with Crippen LogP contribution in [-0.4, -0.2) is 71.1 Å². The zero-order valence-electron chi connectivity index (χ0n) is 20.0. The van der Waals surface area contributed by atoms with E-state index in [0.29, 0.717) is 18.5 Å². The van der Waals surface area contributed by atoms with Gasteiger partial charge in [0.15, 0.2) is 0 Å². The summed E-state index contributed by atoms with van der Waals surface area (Å²) >= 11 is 0. The summed E-state index contributed by atoms with van der Waals surface area (Å²) in [5, 5.41) is 7.16. The SMILES string of the molecule is C[C@H]1Cc2cc(-c3cnoc3)ccc2[C@@H](c2ccc(NC3CN(CCCF)C3)cn2)N1CC(F)(F)F. The van der Waals surface area contributed by atoms with Gasteiger partial charge in [0, 0.05) is 31.2 Å². The highest BCUT2D eigenvalue weighted by Crippen LogP contribution is 2.40. The molecule has 0 saturated carbocycles. The summed E-state index contributed by atoms with van der Waals surface area (Å²) in [5.74, 6) is 0. The number of benzene rings is 1. The van der Waals surface area contributed by atoms with Gasteiger partial charge >= 0.3 is 6.18 Å². The van der Waals surface area contributed by atoms with Gasteiger partial charge in [-0.25, -0.2) is 0 Å². The van der Waals surface area contributed by atoms with Gasteiger partial charge < -0.3 is 9.84 Å². The summed E-state index contributed by atoms with van der Waals surface area (Å²) in [6.45, 7) is 2.93. The molecule has 6 nitrogen and oxygen atoms in total.